The van der Waals surface area contributed by atoms with Crippen molar-refractivity contribution < 1.29 is 4.79 Å². The molecule has 0 unspecified atom stereocenters. The van der Waals surface area contributed by atoms with E-state index in [2.05, 4.69) is 16.9 Å². The highest BCUT2D eigenvalue weighted by Crippen LogP contribution is 2.35. The first-order valence-corrected chi connectivity index (χ1v) is 10.2. The molecular formula is C18H23N3OS2. The van der Waals surface area contributed by atoms with Crippen molar-refractivity contribution >= 4 is 29.0 Å². The highest BCUT2D eigenvalue weighted by Gasteiger charge is 2.22. The van der Waals surface area contributed by atoms with Crippen molar-refractivity contribution in [3.8, 4) is 0 Å². The molecule has 3 rings (SSSR count). The number of hydrogen-bond acceptors (Lipinski definition) is 5. The quantitative estimate of drug-likeness (QED) is 0.765. The average molecular weight is 362 g/mol. The van der Waals surface area contributed by atoms with Crippen molar-refractivity contribution in [1.29, 1.82) is 0 Å². The zero-order valence-electron chi connectivity index (χ0n) is 14.2. The molecule has 0 bridgehead atoms. The highest BCUT2D eigenvalue weighted by atomic mass is 32.2. The third kappa shape index (κ3) is 4.16. The van der Waals surface area contributed by atoms with Crippen LogP contribution in [0.25, 0.3) is 0 Å². The number of hydrogen-bond donors (Lipinski definition) is 0. The molecule has 0 aliphatic heterocycles. The zero-order chi connectivity index (χ0) is 16.9. The van der Waals surface area contributed by atoms with E-state index in [1.54, 1.807) is 34.2 Å². The van der Waals surface area contributed by atoms with Gasteiger partial charge in [0.25, 0.3) is 5.91 Å². The molecule has 1 saturated carbocycles. The summed E-state index contributed by atoms with van der Waals surface area (Å²) < 4.78 is 0. The van der Waals surface area contributed by atoms with Crippen LogP contribution in [0.4, 0.5) is 0 Å². The van der Waals surface area contributed by atoms with Crippen LogP contribution < -0.4 is 0 Å². The third-order valence-corrected chi connectivity index (χ3v) is 6.62. The minimum Gasteiger partial charge on any atom is -0.336 e. The molecule has 24 heavy (non-hydrogen) atoms. The zero-order valence-corrected chi connectivity index (χ0v) is 15.8. The maximum absolute atomic E-state index is 12.9. The Kier molecular flexibility index (Phi) is 5.89. The van der Waals surface area contributed by atoms with Crippen molar-refractivity contribution in [3.05, 3.63) is 40.0 Å². The Morgan fingerprint density at radius 3 is 2.92 bits per heavy atom. The number of pyridine rings is 1. The first-order valence-electron chi connectivity index (χ1n) is 8.47. The standard InChI is InChI=1S/C18H23N3OS2/c1-3-16-20-13(12-23-16)11-21(2)18(22)15-9-6-10-19-17(15)24-14-7-4-5-8-14/h6,9-10,12,14H,3-5,7-8,11H2,1-2H3. The highest BCUT2D eigenvalue weighted by molar-refractivity contribution is 7.99. The molecule has 0 spiro atoms. The van der Waals surface area contributed by atoms with Gasteiger partial charge in [0.2, 0.25) is 0 Å². The summed E-state index contributed by atoms with van der Waals surface area (Å²) >= 11 is 3.42. The van der Waals surface area contributed by atoms with E-state index in [9.17, 15) is 4.79 Å². The van der Waals surface area contributed by atoms with Crippen molar-refractivity contribution in [2.75, 3.05) is 7.05 Å². The van der Waals surface area contributed by atoms with Crippen molar-refractivity contribution in [3.63, 3.8) is 0 Å². The Morgan fingerprint density at radius 2 is 2.21 bits per heavy atom. The molecule has 128 valence electrons. The lowest BCUT2D eigenvalue weighted by molar-refractivity contribution is 0.0779. The second kappa shape index (κ2) is 8.12. The molecule has 2 aromatic rings. The van der Waals surface area contributed by atoms with Gasteiger partial charge in [-0.05, 0) is 31.4 Å². The molecule has 6 heteroatoms. The van der Waals surface area contributed by atoms with Gasteiger partial charge in [0.05, 0.1) is 22.8 Å². The fourth-order valence-corrected chi connectivity index (χ4v) is 4.94. The van der Waals surface area contributed by atoms with Gasteiger partial charge in [-0.2, -0.15) is 0 Å². The summed E-state index contributed by atoms with van der Waals surface area (Å²) in [6, 6.07) is 3.74. The van der Waals surface area contributed by atoms with Gasteiger partial charge in [0.15, 0.2) is 0 Å². The molecule has 4 nitrogen and oxygen atoms in total. The van der Waals surface area contributed by atoms with Gasteiger partial charge in [0, 0.05) is 23.9 Å². The number of nitrogens with zero attached hydrogens (tertiary/aromatic N) is 3. The predicted octanol–water partition coefficient (Wildman–Crippen LogP) is 4.41. The van der Waals surface area contributed by atoms with E-state index in [0.717, 1.165) is 22.1 Å². The van der Waals surface area contributed by atoms with Crippen LogP contribution in [0.2, 0.25) is 0 Å². The normalized spacial score (nSPS) is 14.9. The topological polar surface area (TPSA) is 46.1 Å². The smallest absolute Gasteiger partial charge is 0.256 e. The van der Waals surface area contributed by atoms with Gasteiger partial charge in [-0.3, -0.25) is 4.79 Å². The lowest BCUT2D eigenvalue weighted by Gasteiger charge is -2.18. The molecular weight excluding hydrogens is 338 g/mol. The molecule has 0 radical (unpaired) electrons. The molecule has 1 aliphatic rings. The van der Waals surface area contributed by atoms with E-state index in [4.69, 9.17) is 0 Å². The van der Waals surface area contributed by atoms with Gasteiger partial charge in [0.1, 0.15) is 5.03 Å². The van der Waals surface area contributed by atoms with Crippen molar-refractivity contribution in [1.82, 2.24) is 14.9 Å². The van der Waals surface area contributed by atoms with Gasteiger partial charge in [-0.15, -0.1) is 23.1 Å². The lowest BCUT2D eigenvalue weighted by atomic mass is 10.2. The molecule has 1 aliphatic carbocycles. The molecule has 0 atom stereocenters. The van der Waals surface area contributed by atoms with Crippen LogP contribution in [-0.4, -0.2) is 33.1 Å². The summed E-state index contributed by atoms with van der Waals surface area (Å²) in [6.07, 6.45) is 7.75. The molecule has 0 saturated heterocycles. The second-order valence-electron chi connectivity index (χ2n) is 6.13. The number of thioether (sulfide) groups is 1. The van der Waals surface area contributed by atoms with E-state index in [1.807, 2.05) is 24.6 Å². The Bertz CT molecular complexity index is 695. The lowest BCUT2D eigenvalue weighted by Crippen LogP contribution is -2.27. The van der Waals surface area contributed by atoms with Crippen LogP contribution in [0.15, 0.2) is 28.7 Å². The van der Waals surface area contributed by atoms with E-state index in [0.29, 0.717) is 17.4 Å². The Labute approximate surface area is 151 Å². The number of carbonyl (C=O) groups is 1. The van der Waals surface area contributed by atoms with Gasteiger partial charge in [-0.25, -0.2) is 9.97 Å². The summed E-state index contributed by atoms with van der Waals surface area (Å²) in [4.78, 5) is 23.6. The summed E-state index contributed by atoms with van der Waals surface area (Å²) in [7, 11) is 1.84. The molecule has 0 N–H and O–H groups in total. The second-order valence-corrected chi connectivity index (χ2v) is 8.36. The van der Waals surface area contributed by atoms with Crippen LogP contribution >= 0.6 is 23.1 Å². The molecule has 2 heterocycles. The fraction of sp³-hybridized carbons (Fsp3) is 0.500. The van der Waals surface area contributed by atoms with Crippen LogP contribution in [0.3, 0.4) is 0 Å². The minimum atomic E-state index is 0.0228. The van der Waals surface area contributed by atoms with E-state index >= 15 is 0 Å². The summed E-state index contributed by atoms with van der Waals surface area (Å²) in [5, 5.41) is 4.63. The number of thiazole rings is 1. The first-order chi connectivity index (χ1) is 11.7. The van der Waals surface area contributed by atoms with Gasteiger partial charge in [-0.1, -0.05) is 19.8 Å². The number of aryl methyl sites for hydroxylation is 1. The number of amides is 1. The van der Waals surface area contributed by atoms with Crippen molar-refractivity contribution in [2.45, 2.75) is 55.8 Å². The van der Waals surface area contributed by atoms with Gasteiger partial charge >= 0.3 is 0 Å². The van der Waals surface area contributed by atoms with Crippen LogP contribution in [0.5, 0.6) is 0 Å². The SMILES string of the molecule is CCc1nc(CN(C)C(=O)c2cccnc2SC2CCCC2)cs1. The fourth-order valence-electron chi connectivity index (χ4n) is 2.92. The molecule has 0 aromatic carbocycles. The summed E-state index contributed by atoms with van der Waals surface area (Å²) in [5.41, 5.74) is 1.67. The van der Waals surface area contributed by atoms with Crippen LogP contribution in [-0.2, 0) is 13.0 Å². The van der Waals surface area contributed by atoms with Crippen LogP contribution in [0, 0.1) is 0 Å². The van der Waals surface area contributed by atoms with Crippen molar-refractivity contribution in [2.24, 2.45) is 0 Å². The Balaban J connectivity index is 1.71. The number of rotatable bonds is 6. The number of carbonyl (C=O) groups excluding carboxylic acids is 1. The third-order valence-electron chi connectivity index (χ3n) is 4.23. The maximum Gasteiger partial charge on any atom is 0.256 e. The Morgan fingerprint density at radius 1 is 1.42 bits per heavy atom. The first kappa shape index (κ1) is 17.4. The summed E-state index contributed by atoms with van der Waals surface area (Å²) in [5.74, 6) is 0.0228. The predicted molar refractivity (Wildman–Crippen MR) is 99.6 cm³/mol. The Hall–Kier alpha value is -1.40. The molecule has 2 aromatic heterocycles. The molecule has 1 amide bonds. The van der Waals surface area contributed by atoms with E-state index in [-0.39, 0.29) is 5.91 Å². The maximum atomic E-state index is 12.9. The monoisotopic (exact) mass is 361 g/mol. The average Bonchev–Trinajstić information content (AvgIpc) is 3.26. The van der Waals surface area contributed by atoms with Gasteiger partial charge < -0.3 is 4.90 Å². The van der Waals surface area contributed by atoms with E-state index in [1.165, 1.54) is 25.7 Å². The van der Waals surface area contributed by atoms with E-state index < -0.39 is 0 Å². The summed E-state index contributed by atoms with van der Waals surface area (Å²) in [6.45, 7) is 2.64. The minimum absolute atomic E-state index is 0.0228. The largest absolute Gasteiger partial charge is 0.336 e. The molecule has 1 fully saturated rings. The van der Waals surface area contributed by atoms with Crippen LogP contribution in [0.1, 0.15) is 53.7 Å². The number of aromatic nitrogens is 2.